The third-order valence-corrected chi connectivity index (χ3v) is 2.51. The van der Waals surface area contributed by atoms with Gasteiger partial charge in [-0.15, -0.1) is 0 Å². The van der Waals surface area contributed by atoms with Crippen LogP contribution in [0.1, 0.15) is 27.2 Å². The second-order valence-corrected chi connectivity index (χ2v) is 4.40. The third kappa shape index (κ3) is 3.66. The van der Waals surface area contributed by atoms with Gasteiger partial charge in [-0.1, -0.05) is 6.92 Å². The topological polar surface area (TPSA) is 49.8 Å². The van der Waals surface area contributed by atoms with Crippen LogP contribution >= 0.6 is 15.9 Å². The molecule has 0 fully saturated rings. The maximum absolute atomic E-state index is 4.18. The highest BCUT2D eigenvalue weighted by atomic mass is 79.9. The first kappa shape index (κ1) is 12.2. The van der Waals surface area contributed by atoms with Gasteiger partial charge in [0.05, 0.1) is 0 Å². The van der Waals surface area contributed by atoms with E-state index in [-0.39, 0.29) is 0 Å². The second kappa shape index (κ2) is 5.90. The predicted molar refractivity (Wildman–Crippen MR) is 67.3 cm³/mol. The zero-order valence-electron chi connectivity index (χ0n) is 9.34. The van der Waals surface area contributed by atoms with E-state index in [0.717, 1.165) is 29.1 Å². The molecule has 1 aromatic heterocycles. The third-order valence-electron chi connectivity index (χ3n) is 1.76. The maximum Gasteiger partial charge on any atom is 0.146 e. The lowest BCUT2D eigenvalue weighted by Crippen LogP contribution is -2.13. The SMILES string of the molecule is CCCNc1ncnc(NC(C)C)c1Br. The Morgan fingerprint density at radius 2 is 2.00 bits per heavy atom. The molecule has 0 amide bonds. The van der Waals surface area contributed by atoms with Crippen molar-refractivity contribution in [2.24, 2.45) is 0 Å². The van der Waals surface area contributed by atoms with Crippen molar-refractivity contribution in [3.8, 4) is 0 Å². The Bertz CT molecular complexity index is 314. The van der Waals surface area contributed by atoms with Crippen molar-refractivity contribution in [1.29, 1.82) is 0 Å². The molecule has 1 heterocycles. The number of aromatic nitrogens is 2. The summed E-state index contributed by atoms with van der Waals surface area (Å²) in [5.74, 6) is 1.67. The fourth-order valence-corrected chi connectivity index (χ4v) is 1.57. The Labute approximate surface area is 99.0 Å². The Morgan fingerprint density at radius 1 is 1.33 bits per heavy atom. The van der Waals surface area contributed by atoms with Gasteiger partial charge in [-0.25, -0.2) is 9.97 Å². The van der Waals surface area contributed by atoms with E-state index >= 15 is 0 Å². The molecule has 0 atom stereocenters. The minimum Gasteiger partial charge on any atom is -0.369 e. The highest BCUT2D eigenvalue weighted by Gasteiger charge is 2.08. The van der Waals surface area contributed by atoms with Crippen LogP contribution in [-0.2, 0) is 0 Å². The van der Waals surface area contributed by atoms with E-state index in [1.54, 1.807) is 6.33 Å². The standard InChI is InChI=1S/C10H17BrN4/c1-4-5-12-9-8(11)10(14-6-13-9)15-7(2)3/h6-7H,4-5H2,1-3H3,(H2,12,13,14,15). The molecule has 5 heteroatoms. The summed E-state index contributed by atoms with van der Waals surface area (Å²) in [6.45, 7) is 7.19. The molecule has 0 aromatic carbocycles. The van der Waals surface area contributed by atoms with Gasteiger partial charge in [-0.05, 0) is 36.2 Å². The summed E-state index contributed by atoms with van der Waals surface area (Å²) < 4.78 is 0.896. The number of anilines is 2. The minimum absolute atomic E-state index is 0.357. The number of halogens is 1. The minimum atomic E-state index is 0.357. The highest BCUT2D eigenvalue weighted by Crippen LogP contribution is 2.26. The molecule has 1 aromatic rings. The molecule has 0 aliphatic carbocycles. The Hall–Kier alpha value is -0.840. The average Bonchev–Trinajstić information content (AvgIpc) is 2.19. The number of hydrogen-bond donors (Lipinski definition) is 2. The molecule has 4 nitrogen and oxygen atoms in total. The van der Waals surface area contributed by atoms with E-state index in [1.165, 1.54) is 0 Å². The fourth-order valence-electron chi connectivity index (χ4n) is 1.11. The molecule has 0 radical (unpaired) electrons. The van der Waals surface area contributed by atoms with Gasteiger partial charge in [0.15, 0.2) is 0 Å². The van der Waals surface area contributed by atoms with Gasteiger partial charge < -0.3 is 10.6 Å². The smallest absolute Gasteiger partial charge is 0.146 e. The van der Waals surface area contributed by atoms with Crippen molar-refractivity contribution in [3.63, 3.8) is 0 Å². The van der Waals surface area contributed by atoms with Crippen molar-refractivity contribution in [2.45, 2.75) is 33.2 Å². The number of hydrogen-bond acceptors (Lipinski definition) is 4. The number of nitrogens with zero attached hydrogens (tertiary/aromatic N) is 2. The number of rotatable bonds is 5. The first-order chi connectivity index (χ1) is 7.15. The van der Waals surface area contributed by atoms with Crippen molar-refractivity contribution in [3.05, 3.63) is 10.8 Å². The van der Waals surface area contributed by atoms with Crippen LogP contribution in [0, 0.1) is 0 Å². The van der Waals surface area contributed by atoms with Crippen molar-refractivity contribution in [1.82, 2.24) is 9.97 Å². The first-order valence-corrected chi connectivity index (χ1v) is 5.95. The van der Waals surface area contributed by atoms with Gasteiger partial charge >= 0.3 is 0 Å². The molecule has 0 spiro atoms. The van der Waals surface area contributed by atoms with Crippen LogP contribution in [0.2, 0.25) is 0 Å². The van der Waals surface area contributed by atoms with Gasteiger partial charge in [0.1, 0.15) is 22.4 Å². The molecular formula is C10H17BrN4. The van der Waals surface area contributed by atoms with Crippen LogP contribution in [0.5, 0.6) is 0 Å². The van der Waals surface area contributed by atoms with Crippen molar-refractivity contribution < 1.29 is 0 Å². The molecule has 0 aliphatic heterocycles. The highest BCUT2D eigenvalue weighted by molar-refractivity contribution is 9.10. The molecule has 0 aliphatic rings. The largest absolute Gasteiger partial charge is 0.369 e. The van der Waals surface area contributed by atoms with E-state index in [9.17, 15) is 0 Å². The van der Waals surface area contributed by atoms with Crippen LogP contribution in [0.4, 0.5) is 11.6 Å². The Balaban J connectivity index is 2.80. The second-order valence-electron chi connectivity index (χ2n) is 3.61. The lowest BCUT2D eigenvalue weighted by molar-refractivity contribution is 0.882. The average molecular weight is 273 g/mol. The van der Waals surface area contributed by atoms with E-state index in [1.807, 2.05) is 0 Å². The first-order valence-electron chi connectivity index (χ1n) is 5.16. The van der Waals surface area contributed by atoms with Crippen LogP contribution < -0.4 is 10.6 Å². The van der Waals surface area contributed by atoms with E-state index < -0.39 is 0 Å². The fraction of sp³-hybridized carbons (Fsp3) is 0.600. The summed E-state index contributed by atoms with van der Waals surface area (Å²) >= 11 is 3.49. The quantitative estimate of drug-likeness (QED) is 0.866. The van der Waals surface area contributed by atoms with E-state index in [0.29, 0.717) is 6.04 Å². The predicted octanol–water partition coefficient (Wildman–Crippen LogP) is 2.88. The lowest BCUT2D eigenvalue weighted by atomic mass is 10.4. The van der Waals surface area contributed by atoms with Crippen LogP contribution in [0.15, 0.2) is 10.8 Å². The molecule has 15 heavy (non-hydrogen) atoms. The molecule has 0 saturated carbocycles. The van der Waals surface area contributed by atoms with E-state index in [2.05, 4.69) is 57.3 Å². The van der Waals surface area contributed by atoms with Gasteiger partial charge in [0.2, 0.25) is 0 Å². The van der Waals surface area contributed by atoms with Crippen LogP contribution in [-0.4, -0.2) is 22.6 Å². The van der Waals surface area contributed by atoms with Gasteiger partial charge in [0, 0.05) is 12.6 Å². The zero-order chi connectivity index (χ0) is 11.3. The summed E-state index contributed by atoms with van der Waals surface area (Å²) in [6.07, 6.45) is 2.64. The van der Waals surface area contributed by atoms with Crippen LogP contribution in [0.25, 0.3) is 0 Å². The molecule has 84 valence electrons. The number of nitrogens with one attached hydrogen (secondary N) is 2. The van der Waals surface area contributed by atoms with E-state index in [4.69, 9.17) is 0 Å². The molecule has 0 saturated heterocycles. The zero-order valence-corrected chi connectivity index (χ0v) is 10.9. The van der Waals surface area contributed by atoms with Crippen molar-refractivity contribution in [2.75, 3.05) is 17.2 Å². The molecule has 1 rings (SSSR count). The summed E-state index contributed by atoms with van der Waals surface area (Å²) in [4.78, 5) is 8.35. The van der Waals surface area contributed by atoms with Gasteiger partial charge in [-0.3, -0.25) is 0 Å². The Kier molecular flexibility index (Phi) is 4.81. The summed E-state index contributed by atoms with van der Waals surface area (Å²) in [5.41, 5.74) is 0. The summed E-state index contributed by atoms with van der Waals surface area (Å²) in [6, 6.07) is 0.357. The molecule has 0 unspecified atom stereocenters. The summed E-state index contributed by atoms with van der Waals surface area (Å²) in [7, 11) is 0. The maximum atomic E-state index is 4.18. The normalized spacial score (nSPS) is 10.5. The van der Waals surface area contributed by atoms with Gasteiger partial charge in [0.25, 0.3) is 0 Å². The Morgan fingerprint density at radius 3 is 2.60 bits per heavy atom. The molecule has 2 N–H and O–H groups in total. The lowest BCUT2D eigenvalue weighted by Gasteiger charge is -2.13. The molecule has 0 bridgehead atoms. The van der Waals surface area contributed by atoms with Gasteiger partial charge in [-0.2, -0.15) is 0 Å². The monoisotopic (exact) mass is 272 g/mol. The van der Waals surface area contributed by atoms with Crippen LogP contribution in [0.3, 0.4) is 0 Å². The molecular weight excluding hydrogens is 256 g/mol. The van der Waals surface area contributed by atoms with Crippen molar-refractivity contribution >= 4 is 27.6 Å². The summed E-state index contributed by atoms with van der Waals surface area (Å²) in [5, 5.41) is 6.49.